The molecular weight excluding hydrogens is 382 g/mol. The Morgan fingerprint density at radius 2 is 1.90 bits per heavy atom. The minimum Gasteiger partial charge on any atom is -0.346 e. The summed E-state index contributed by atoms with van der Waals surface area (Å²) in [6.45, 7) is 4.37. The highest BCUT2D eigenvalue weighted by molar-refractivity contribution is 7.16. The molecule has 0 saturated carbocycles. The molecule has 0 bridgehead atoms. The number of hydrogen-bond donors (Lipinski definition) is 1. The summed E-state index contributed by atoms with van der Waals surface area (Å²) in [6, 6.07) is 9.82. The number of nitrogens with one attached hydrogen (secondary N) is 1. The van der Waals surface area contributed by atoms with E-state index in [-0.39, 0.29) is 5.91 Å². The van der Waals surface area contributed by atoms with Crippen LogP contribution in [-0.2, 0) is 6.54 Å². The van der Waals surface area contributed by atoms with E-state index < -0.39 is 0 Å². The molecule has 0 spiro atoms. The Labute approximate surface area is 172 Å². The molecule has 144 valence electrons. The SMILES string of the molecule is Cc1cc(-c2ncc(CNC(=O)c3ncc(-c4cccnc4)s3)cc2C)ccn1. The number of thiazole rings is 1. The van der Waals surface area contributed by atoms with Gasteiger partial charge in [0.15, 0.2) is 5.01 Å². The second-order valence-electron chi connectivity index (χ2n) is 6.65. The lowest BCUT2D eigenvalue weighted by molar-refractivity contribution is 0.0950. The Bertz CT molecular complexity index is 1160. The second kappa shape index (κ2) is 8.28. The van der Waals surface area contributed by atoms with Crippen LogP contribution in [0.1, 0.15) is 26.6 Å². The first-order valence-corrected chi connectivity index (χ1v) is 9.95. The van der Waals surface area contributed by atoms with Gasteiger partial charge in [0, 0.05) is 54.3 Å². The van der Waals surface area contributed by atoms with E-state index in [0.717, 1.165) is 38.5 Å². The third-order valence-electron chi connectivity index (χ3n) is 4.40. The Morgan fingerprint density at radius 3 is 2.66 bits per heavy atom. The quantitative estimate of drug-likeness (QED) is 0.542. The van der Waals surface area contributed by atoms with E-state index >= 15 is 0 Å². The van der Waals surface area contributed by atoms with Crippen LogP contribution in [0.25, 0.3) is 21.7 Å². The average Bonchev–Trinajstić information content (AvgIpc) is 3.23. The maximum atomic E-state index is 12.5. The number of aromatic nitrogens is 4. The van der Waals surface area contributed by atoms with Gasteiger partial charge in [0.1, 0.15) is 0 Å². The molecule has 6 nitrogen and oxygen atoms in total. The van der Waals surface area contributed by atoms with Crippen molar-refractivity contribution in [1.82, 2.24) is 25.3 Å². The summed E-state index contributed by atoms with van der Waals surface area (Å²) >= 11 is 1.35. The predicted octanol–water partition coefficient (Wildman–Crippen LogP) is 4.21. The summed E-state index contributed by atoms with van der Waals surface area (Å²) in [4.78, 5) is 30.5. The van der Waals surface area contributed by atoms with Gasteiger partial charge in [-0.1, -0.05) is 12.1 Å². The Balaban J connectivity index is 1.43. The van der Waals surface area contributed by atoms with E-state index in [9.17, 15) is 4.79 Å². The Morgan fingerprint density at radius 1 is 1.00 bits per heavy atom. The van der Waals surface area contributed by atoms with Crippen LogP contribution in [0, 0.1) is 13.8 Å². The zero-order chi connectivity index (χ0) is 20.2. The summed E-state index contributed by atoms with van der Waals surface area (Å²) < 4.78 is 0. The first kappa shape index (κ1) is 18.9. The maximum Gasteiger partial charge on any atom is 0.280 e. The lowest BCUT2D eigenvalue weighted by atomic mass is 10.1. The lowest BCUT2D eigenvalue weighted by Gasteiger charge is -2.09. The van der Waals surface area contributed by atoms with Crippen molar-refractivity contribution in [1.29, 1.82) is 0 Å². The molecule has 0 saturated heterocycles. The van der Waals surface area contributed by atoms with Crippen LogP contribution in [0.4, 0.5) is 0 Å². The summed E-state index contributed by atoms with van der Waals surface area (Å²) in [7, 11) is 0. The minimum absolute atomic E-state index is 0.198. The molecule has 4 heterocycles. The largest absolute Gasteiger partial charge is 0.346 e. The van der Waals surface area contributed by atoms with Crippen molar-refractivity contribution >= 4 is 17.2 Å². The number of amides is 1. The molecular formula is C22H19N5OS. The molecule has 0 aliphatic heterocycles. The van der Waals surface area contributed by atoms with Crippen LogP contribution in [0.15, 0.2) is 61.3 Å². The van der Waals surface area contributed by atoms with Crippen LogP contribution in [0.3, 0.4) is 0 Å². The van der Waals surface area contributed by atoms with Gasteiger partial charge in [0.2, 0.25) is 0 Å². The van der Waals surface area contributed by atoms with E-state index in [2.05, 4.69) is 25.3 Å². The van der Waals surface area contributed by atoms with E-state index in [0.29, 0.717) is 11.6 Å². The van der Waals surface area contributed by atoms with E-state index in [4.69, 9.17) is 0 Å². The van der Waals surface area contributed by atoms with Gasteiger partial charge in [0.25, 0.3) is 5.91 Å². The molecule has 4 rings (SSSR count). The number of carbonyl (C=O) groups excluding carboxylic acids is 1. The molecule has 0 radical (unpaired) electrons. The van der Waals surface area contributed by atoms with E-state index in [1.807, 2.05) is 44.2 Å². The normalized spacial score (nSPS) is 10.7. The molecule has 29 heavy (non-hydrogen) atoms. The van der Waals surface area contributed by atoms with Crippen molar-refractivity contribution in [2.45, 2.75) is 20.4 Å². The van der Waals surface area contributed by atoms with E-state index in [1.54, 1.807) is 31.0 Å². The number of pyridine rings is 3. The average molecular weight is 401 g/mol. The van der Waals surface area contributed by atoms with Crippen molar-refractivity contribution in [3.63, 3.8) is 0 Å². The number of nitrogens with zero attached hydrogens (tertiary/aromatic N) is 4. The number of hydrogen-bond acceptors (Lipinski definition) is 6. The molecule has 0 aliphatic carbocycles. The van der Waals surface area contributed by atoms with Gasteiger partial charge in [-0.05, 0) is 43.2 Å². The third-order valence-corrected chi connectivity index (χ3v) is 5.45. The monoisotopic (exact) mass is 401 g/mol. The number of aryl methyl sites for hydroxylation is 2. The van der Waals surface area contributed by atoms with Crippen molar-refractivity contribution in [3.05, 3.63) is 83.1 Å². The molecule has 0 unspecified atom stereocenters. The van der Waals surface area contributed by atoms with Crippen molar-refractivity contribution in [2.75, 3.05) is 0 Å². The standard InChI is InChI=1S/C22H19N5OS/c1-14-8-16(10-25-20(14)17-5-7-24-15(2)9-17)11-26-21(28)22-27-13-19(29-22)18-4-3-6-23-12-18/h3-10,12-13H,11H2,1-2H3,(H,26,28). The molecule has 1 N–H and O–H groups in total. The molecule has 0 aliphatic rings. The third kappa shape index (κ3) is 4.35. The zero-order valence-corrected chi connectivity index (χ0v) is 16.9. The molecule has 0 fully saturated rings. The number of carbonyl (C=O) groups is 1. The fraction of sp³-hybridized carbons (Fsp3) is 0.136. The minimum atomic E-state index is -0.198. The predicted molar refractivity (Wildman–Crippen MR) is 113 cm³/mol. The highest BCUT2D eigenvalue weighted by atomic mass is 32.1. The zero-order valence-electron chi connectivity index (χ0n) is 16.1. The van der Waals surface area contributed by atoms with Gasteiger partial charge >= 0.3 is 0 Å². The second-order valence-corrected chi connectivity index (χ2v) is 7.68. The first-order chi connectivity index (χ1) is 14.1. The topological polar surface area (TPSA) is 80.7 Å². The summed E-state index contributed by atoms with van der Waals surface area (Å²) in [6.07, 6.45) is 8.76. The molecule has 4 aromatic heterocycles. The summed E-state index contributed by atoms with van der Waals surface area (Å²) in [5.74, 6) is -0.198. The van der Waals surface area contributed by atoms with Crippen LogP contribution in [0.5, 0.6) is 0 Å². The van der Waals surface area contributed by atoms with Gasteiger partial charge in [-0.2, -0.15) is 0 Å². The lowest BCUT2D eigenvalue weighted by Crippen LogP contribution is -2.22. The molecule has 0 atom stereocenters. The van der Waals surface area contributed by atoms with Crippen LogP contribution in [-0.4, -0.2) is 25.8 Å². The van der Waals surface area contributed by atoms with Crippen molar-refractivity contribution < 1.29 is 4.79 Å². The van der Waals surface area contributed by atoms with Gasteiger partial charge in [-0.15, -0.1) is 11.3 Å². The molecule has 1 amide bonds. The Kier molecular flexibility index (Phi) is 5.39. The van der Waals surface area contributed by atoms with Crippen molar-refractivity contribution in [3.8, 4) is 21.7 Å². The van der Waals surface area contributed by atoms with Gasteiger partial charge in [0.05, 0.1) is 10.6 Å². The highest BCUT2D eigenvalue weighted by Crippen LogP contribution is 2.25. The molecule has 0 aromatic carbocycles. The smallest absolute Gasteiger partial charge is 0.280 e. The van der Waals surface area contributed by atoms with Crippen LogP contribution < -0.4 is 5.32 Å². The van der Waals surface area contributed by atoms with Crippen molar-refractivity contribution in [2.24, 2.45) is 0 Å². The fourth-order valence-electron chi connectivity index (χ4n) is 3.00. The Hall–Kier alpha value is -3.45. The molecule has 4 aromatic rings. The summed E-state index contributed by atoms with van der Waals surface area (Å²) in [5.41, 5.74) is 5.85. The van der Waals surface area contributed by atoms with Gasteiger partial charge in [-0.25, -0.2) is 4.98 Å². The van der Waals surface area contributed by atoms with Gasteiger partial charge in [-0.3, -0.25) is 19.7 Å². The maximum absolute atomic E-state index is 12.5. The van der Waals surface area contributed by atoms with Gasteiger partial charge < -0.3 is 5.32 Å². The van der Waals surface area contributed by atoms with Crippen LogP contribution in [0.2, 0.25) is 0 Å². The first-order valence-electron chi connectivity index (χ1n) is 9.13. The number of rotatable bonds is 5. The fourth-order valence-corrected chi connectivity index (χ4v) is 3.83. The van der Waals surface area contributed by atoms with Crippen LogP contribution >= 0.6 is 11.3 Å². The van der Waals surface area contributed by atoms with E-state index in [1.165, 1.54) is 11.3 Å². The summed E-state index contributed by atoms with van der Waals surface area (Å²) in [5, 5.41) is 3.35. The highest BCUT2D eigenvalue weighted by Gasteiger charge is 2.13. The molecule has 7 heteroatoms.